The van der Waals surface area contributed by atoms with Gasteiger partial charge in [-0.15, -0.1) is 0 Å². The monoisotopic (exact) mass is 548 g/mol. The molecular weight excluding hydrogens is 524 g/mol. The van der Waals surface area contributed by atoms with Crippen molar-refractivity contribution in [2.24, 2.45) is 0 Å². The number of rotatable bonds is 3. The predicted octanol–water partition coefficient (Wildman–Crippen LogP) is 10.8. The second kappa shape index (κ2) is 9.37. The van der Waals surface area contributed by atoms with Crippen LogP contribution in [0.4, 0.5) is 0 Å². The number of aromatic nitrogens is 2. The number of hydrogen-bond donors (Lipinski definition) is 0. The number of fused-ring (bicyclic) bond motifs is 7. The predicted molar refractivity (Wildman–Crippen MR) is 178 cm³/mol. The third kappa shape index (κ3) is 3.83. The standard InChI is InChI=1S/C40H24N2O/c1-2-11-26(12-3-1)33-24-34-31-21-20-29(23-37(31)43-40(34)32-15-7-6-14-30(32)33)39-38(41-35-16-8-9-17-36(35)42-39)28-19-18-25-10-4-5-13-27(25)22-28/h1-24H. The van der Waals surface area contributed by atoms with Gasteiger partial charge in [0.1, 0.15) is 11.2 Å². The van der Waals surface area contributed by atoms with Crippen LogP contribution in [0.3, 0.4) is 0 Å². The Morgan fingerprint density at radius 2 is 1.02 bits per heavy atom. The highest BCUT2D eigenvalue weighted by Gasteiger charge is 2.18. The Morgan fingerprint density at radius 1 is 0.395 bits per heavy atom. The number of para-hydroxylation sites is 2. The molecule has 0 radical (unpaired) electrons. The van der Waals surface area contributed by atoms with E-state index in [1.165, 1.54) is 27.3 Å². The average Bonchev–Trinajstić information content (AvgIpc) is 3.45. The van der Waals surface area contributed by atoms with Crippen molar-refractivity contribution in [1.29, 1.82) is 0 Å². The summed E-state index contributed by atoms with van der Waals surface area (Å²) in [5.41, 5.74) is 9.58. The van der Waals surface area contributed by atoms with E-state index >= 15 is 0 Å². The van der Waals surface area contributed by atoms with E-state index in [0.29, 0.717) is 0 Å². The number of hydrogen-bond acceptors (Lipinski definition) is 3. The van der Waals surface area contributed by atoms with E-state index in [1.807, 2.05) is 24.3 Å². The van der Waals surface area contributed by atoms with E-state index in [9.17, 15) is 0 Å². The van der Waals surface area contributed by atoms with E-state index in [-0.39, 0.29) is 0 Å². The lowest BCUT2D eigenvalue weighted by atomic mass is 9.95. The molecule has 0 amide bonds. The third-order valence-corrected chi connectivity index (χ3v) is 8.43. The molecule has 0 spiro atoms. The zero-order chi connectivity index (χ0) is 28.3. The summed E-state index contributed by atoms with van der Waals surface area (Å²) in [5.74, 6) is 0. The third-order valence-electron chi connectivity index (χ3n) is 8.43. The van der Waals surface area contributed by atoms with Crippen molar-refractivity contribution in [2.45, 2.75) is 0 Å². The number of nitrogens with zero attached hydrogens (tertiary/aromatic N) is 2. The summed E-state index contributed by atoms with van der Waals surface area (Å²) >= 11 is 0. The molecule has 0 aliphatic carbocycles. The Labute approximate surface area is 247 Å². The molecule has 0 fully saturated rings. The van der Waals surface area contributed by atoms with Crippen molar-refractivity contribution in [1.82, 2.24) is 9.97 Å². The Morgan fingerprint density at radius 3 is 1.81 bits per heavy atom. The van der Waals surface area contributed by atoms with E-state index in [4.69, 9.17) is 14.4 Å². The second-order valence-electron chi connectivity index (χ2n) is 11.0. The van der Waals surface area contributed by atoms with Crippen LogP contribution < -0.4 is 0 Å². The fraction of sp³-hybridized carbons (Fsp3) is 0. The topological polar surface area (TPSA) is 38.9 Å². The van der Waals surface area contributed by atoms with Crippen LogP contribution in [0.2, 0.25) is 0 Å². The normalized spacial score (nSPS) is 11.7. The van der Waals surface area contributed by atoms with Crippen LogP contribution in [0.1, 0.15) is 0 Å². The fourth-order valence-corrected chi connectivity index (χ4v) is 6.34. The molecule has 0 aliphatic heterocycles. The first kappa shape index (κ1) is 23.9. The lowest BCUT2D eigenvalue weighted by Crippen LogP contribution is -1.95. The van der Waals surface area contributed by atoms with E-state index in [2.05, 4.69) is 121 Å². The summed E-state index contributed by atoms with van der Waals surface area (Å²) in [4.78, 5) is 10.3. The van der Waals surface area contributed by atoms with Crippen molar-refractivity contribution < 1.29 is 4.42 Å². The second-order valence-corrected chi connectivity index (χ2v) is 11.0. The SMILES string of the molecule is c1ccc(-c2cc3c4ccc(-c5nc6ccccc6nc5-c5ccc6ccccc6c5)cc4oc3c3ccccc23)cc1. The van der Waals surface area contributed by atoms with Crippen LogP contribution in [0.5, 0.6) is 0 Å². The molecular formula is C40H24N2O. The molecule has 0 bridgehead atoms. The highest BCUT2D eigenvalue weighted by Crippen LogP contribution is 2.41. The van der Waals surface area contributed by atoms with Gasteiger partial charge in [-0.05, 0) is 63.7 Å². The molecule has 3 nitrogen and oxygen atoms in total. The van der Waals surface area contributed by atoms with Gasteiger partial charge < -0.3 is 4.42 Å². The Bertz CT molecular complexity index is 2510. The van der Waals surface area contributed by atoms with Crippen molar-refractivity contribution in [3.8, 4) is 33.6 Å². The first-order chi connectivity index (χ1) is 21.3. The van der Waals surface area contributed by atoms with Gasteiger partial charge in [-0.2, -0.15) is 0 Å². The minimum atomic E-state index is 0.835. The molecule has 7 aromatic carbocycles. The lowest BCUT2D eigenvalue weighted by Gasteiger charge is -2.11. The molecule has 2 aromatic heterocycles. The van der Waals surface area contributed by atoms with Gasteiger partial charge in [0.15, 0.2) is 0 Å². The van der Waals surface area contributed by atoms with Crippen LogP contribution >= 0.6 is 0 Å². The highest BCUT2D eigenvalue weighted by atomic mass is 16.3. The fourth-order valence-electron chi connectivity index (χ4n) is 6.34. The molecule has 0 atom stereocenters. The van der Waals surface area contributed by atoms with Crippen molar-refractivity contribution >= 4 is 54.5 Å². The van der Waals surface area contributed by atoms with Gasteiger partial charge in [0, 0.05) is 27.3 Å². The van der Waals surface area contributed by atoms with Crippen LogP contribution in [-0.4, -0.2) is 9.97 Å². The van der Waals surface area contributed by atoms with E-state index in [0.717, 1.165) is 60.9 Å². The summed E-state index contributed by atoms with van der Waals surface area (Å²) in [7, 11) is 0. The van der Waals surface area contributed by atoms with E-state index in [1.54, 1.807) is 0 Å². The molecule has 43 heavy (non-hydrogen) atoms. The molecule has 0 saturated heterocycles. The molecule has 200 valence electrons. The molecule has 0 aliphatic rings. The highest BCUT2D eigenvalue weighted by molar-refractivity contribution is 6.19. The summed E-state index contributed by atoms with van der Waals surface area (Å²) in [6.45, 7) is 0. The van der Waals surface area contributed by atoms with Gasteiger partial charge in [-0.25, -0.2) is 9.97 Å². The van der Waals surface area contributed by atoms with Gasteiger partial charge in [0.05, 0.1) is 22.4 Å². The molecule has 0 saturated carbocycles. The Balaban J connectivity index is 1.29. The first-order valence-electron chi connectivity index (χ1n) is 14.5. The summed E-state index contributed by atoms with van der Waals surface area (Å²) < 4.78 is 6.66. The molecule has 9 rings (SSSR count). The molecule has 2 heterocycles. The lowest BCUT2D eigenvalue weighted by molar-refractivity contribution is 0.673. The Hall–Kier alpha value is -5.80. The van der Waals surface area contributed by atoms with Gasteiger partial charge in [-0.3, -0.25) is 0 Å². The van der Waals surface area contributed by atoms with Crippen LogP contribution in [-0.2, 0) is 0 Å². The minimum Gasteiger partial charge on any atom is -0.455 e. The van der Waals surface area contributed by atoms with Crippen LogP contribution in [0, 0.1) is 0 Å². The molecule has 9 aromatic rings. The largest absolute Gasteiger partial charge is 0.455 e. The maximum atomic E-state index is 6.66. The summed E-state index contributed by atoms with van der Waals surface area (Å²) in [6, 6.07) is 50.8. The van der Waals surface area contributed by atoms with Crippen molar-refractivity contribution in [2.75, 3.05) is 0 Å². The van der Waals surface area contributed by atoms with E-state index < -0.39 is 0 Å². The van der Waals surface area contributed by atoms with Crippen LogP contribution in [0.25, 0.3) is 88.2 Å². The molecule has 3 heteroatoms. The molecule has 0 N–H and O–H groups in total. The first-order valence-corrected chi connectivity index (χ1v) is 14.5. The summed E-state index contributed by atoms with van der Waals surface area (Å²) in [6.07, 6.45) is 0. The van der Waals surface area contributed by atoms with Crippen molar-refractivity contribution in [3.05, 3.63) is 146 Å². The van der Waals surface area contributed by atoms with Crippen molar-refractivity contribution in [3.63, 3.8) is 0 Å². The van der Waals surface area contributed by atoms with Gasteiger partial charge >= 0.3 is 0 Å². The number of furan rings is 1. The van der Waals surface area contributed by atoms with Gasteiger partial charge in [0.2, 0.25) is 0 Å². The Kier molecular flexibility index (Phi) is 5.20. The van der Waals surface area contributed by atoms with Gasteiger partial charge in [-0.1, -0.05) is 109 Å². The zero-order valence-electron chi connectivity index (χ0n) is 23.2. The summed E-state index contributed by atoms with van der Waals surface area (Å²) in [5, 5.41) is 6.86. The maximum Gasteiger partial charge on any atom is 0.143 e. The smallest absolute Gasteiger partial charge is 0.143 e. The zero-order valence-corrected chi connectivity index (χ0v) is 23.2. The van der Waals surface area contributed by atoms with Crippen LogP contribution in [0.15, 0.2) is 150 Å². The average molecular weight is 549 g/mol. The quantitative estimate of drug-likeness (QED) is 0.220. The van der Waals surface area contributed by atoms with Gasteiger partial charge in [0.25, 0.3) is 0 Å². The maximum absolute atomic E-state index is 6.66. The minimum absolute atomic E-state index is 0.835. The number of benzene rings is 7. The molecule has 0 unspecified atom stereocenters.